The molecule has 2 aromatic carbocycles. The summed E-state index contributed by atoms with van der Waals surface area (Å²) in [5.41, 5.74) is 2.75. The van der Waals surface area contributed by atoms with Crippen molar-refractivity contribution in [3.05, 3.63) is 84.0 Å². The zero-order valence-electron chi connectivity index (χ0n) is 15.8. The van der Waals surface area contributed by atoms with E-state index in [1.165, 1.54) is 0 Å². The van der Waals surface area contributed by atoms with E-state index in [9.17, 15) is 0 Å². The molecule has 0 N–H and O–H groups in total. The van der Waals surface area contributed by atoms with Crippen molar-refractivity contribution in [1.29, 1.82) is 0 Å². The van der Waals surface area contributed by atoms with E-state index in [-0.39, 0.29) is 0 Å². The first kappa shape index (κ1) is 17.8. The second kappa shape index (κ2) is 7.96. The summed E-state index contributed by atoms with van der Waals surface area (Å²) < 4.78 is 16.8. The molecule has 2 heterocycles. The Bertz CT molecular complexity index is 1150. The maximum atomic E-state index is 6.14. The summed E-state index contributed by atoms with van der Waals surface area (Å²) >= 11 is 0. The SMILES string of the molecule is COc1ccc(-c2cc(=NCc3cccnc3)c3cc(OC)ccc3o2)cc1. The van der Waals surface area contributed by atoms with Crippen LogP contribution in [-0.2, 0) is 6.54 Å². The summed E-state index contributed by atoms with van der Waals surface area (Å²) in [5.74, 6) is 2.30. The molecule has 0 unspecified atom stereocenters. The fourth-order valence-corrected chi connectivity index (χ4v) is 2.97. The molecule has 0 aliphatic heterocycles. The van der Waals surface area contributed by atoms with Gasteiger partial charge >= 0.3 is 0 Å². The number of aromatic nitrogens is 1. The summed E-state index contributed by atoms with van der Waals surface area (Å²) in [6, 6.07) is 19.4. The molecule has 2 aromatic heterocycles. The van der Waals surface area contributed by atoms with Gasteiger partial charge in [-0.05, 0) is 54.1 Å². The molecule has 4 aromatic rings. The lowest BCUT2D eigenvalue weighted by Gasteiger charge is -2.07. The third-order valence-corrected chi connectivity index (χ3v) is 4.48. The molecule has 28 heavy (non-hydrogen) atoms. The van der Waals surface area contributed by atoms with Gasteiger partial charge in [-0.3, -0.25) is 9.98 Å². The molecule has 0 fully saturated rings. The highest BCUT2D eigenvalue weighted by Crippen LogP contribution is 2.26. The second-order valence-corrected chi connectivity index (χ2v) is 6.26. The Morgan fingerprint density at radius 1 is 0.929 bits per heavy atom. The maximum Gasteiger partial charge on any atom is 0.137 e. The molecule has 0 saturated carbocycles. The molecule has 0 spiro atoms. The third kappa shape index (κ3) is 3.74. The Hall–Kier alpha value is -3.60. The molecule has 0 bridgehead atoms. The van der Waals surface area contributed by atoms with E-state index in [0.29, 0.717) is 6.54 Å². The van der Waals surface area contributed by atoms with Crippen molar-refractivity contribution in [1.82, 2.24) is 4.98 Å². The minimum atomic E-state index is 0.534. The molecular weight excluding hydrogens is 352 g/mol. The van der Waals surface area contributed by atoms with Crippen LogP contribution in [0.2, 0.25) is 0 Å². The first-order valence-electron chi connectivity index (χ1n) is 8.92. The first-order chi connectivity index (χ1) is 13.8. The zero-order chi connectivity index (χ0) is 19.3. The van der Waals surface area contributed by atoms with Gasteiger partial charge in [0.1, 0.15) is 22.8 Å². The van der Waals surface area contributed by atoms with Crippen LogP contribution in [0, 0.1) is 0 Å². The largest absolute Gasteiger partial charge is 0.497 e. The van der Waals surface area contributed by atoms with Gasteiger partial charge in [0.25, 0.3) is 0 Å². The van der Waals surface area contributed by atoms with Gasteiger partial charge < -0.3 is 13.9 Å². The van der Waals surface area contributed by atoms with Crippen molar-refractivity contribution >= 4 is 11.0 Å². The predicted molar refractivity (Wildman–Crippen MR) is 108 cm³/mol. The molecule has 0 aliphatic carbocycles. The van der Waals surface area contributed by atoms with E-state index in [0.717, 1.165) is 44.7 Å². The van der Waals surface area contributed by atoms with Crippen molar-refractivity contribution in [2.45, 2.75) is 6.54 Å². The molecule has 5 heteroatoms. The monoisotopic (exact) mass is 372 g/mol. The van der Waals surface area contributed by atoms with Crippen molar-refractivity contribution < 1.29 is 13.9 Å². The molecule has 4 rings (SSSR count). The highest BCUT2D eigenvalue weighted by molar-refractivity contribution is 5.80. The van der Waals surface area contributed by atoms with Crippen molar-refractivity contribution in [2.24, 2.45) is 4.99 Å². The quantitative estimate of drug-likeness (QED) is 0.513. The number of methoxy groups -OCH3 is 2. The molecule has 0 aliphatic rings. The lowest BCUT2D eigenvalue weighted by molar-refractivity contribution is 0.414. The zero-order valence-corrected chi connectivity index (χ0v) is 15.8. The van der Waals surface area contributed by atoms with Crippen LogP contribution in [0.5, 0.6) is 11.5 Å². The predicted octanol–water partition coefficient (Wildman–Crippen LogP) is 4.61. The number of hydrogen-bond donors (Lipinski definition) is 0. The van der Waals surface area contributed by atoms with Gasteiger partial charge in [0.15, 0.2) is 0 Å². The average Bonchev–Trinajstić information content (AvgIpc) is 2.77. The Balaban J connectivity index is 1.85. The topological polar surface area (TPSA) is 56.9 Å². The third-order valence-electron chi connectivity index (χ3n) is 4.48. The number of rotatable bonds is 5. The fraction of sp³-hybridized carbons (Fsp3) is 0.130. The van der Waals surface area contributed by atoms with Crippen LogP contribution in [0.4, 0.5) is 0 Å². The van der Waals surface area contributed by atoms with E-state index in [4.69, 9.17) is 18.9 Å². The first-order valence-corrected chi connectivity index (χ1v) is 8.92. The van der Waals surface area contributed by atoms with Gasteiger partial charge in [0.2, 0.25) is 0 Å². The number of nitrogens with zero attached hydrogens (tertiary/aromatic N) is 2. The highest BCUT2D eigenvalue weighted by atomic mass is 16.5. The van der Waals surface area contributed by atoms with Crippen LogP contribution in [0.15, 0.2) is 82.5 Å². The number of pyridine rings is 1. The van der Waals surface area contributed by atoms with Gasteiger partial charge in [-0.15, -0.1) is 0 Å². The number of ether oxygens (including phenoxy) is 2. The Morgan fingerprint density at radius 2 is 1.71 bits per heavy atom. The minimum absolute atomic E-state index is 0.534. The lowest BCUT2D eigenvalue weighted by Crippen LogP contribution is -2.05. The van der Waals surface area contributed by atoms with Crippen molar-refractivity contribution in [2.75, 3.05) is 14.2 Å². The van der Waals surface area contributed by atoms with Crippen molar-refractivity contribution in [3.8, 4) is 22.8 Å². The number of hydrogen-bond acceptors (Lipinski definition) is 5. The highest BCUT2D eigenvalue weighted by Gasteiger charge is 2.08. The van der Waals surface area contributed by atoms with Crippen LogP contribution in [0.3, 0.4) is 0 Å². The second-order valence-electron chi connectivity index (χ2n) is 6.26. The van der Waals surface area contributed by atoms with Crippen molar-refractivity contribution in [3.63, 3.8) is 0 Å². The van der Waals surface area contributed by atoms with E-state index in [1.54, 1.807) is 20.4 Å². The van der Waals surface area contributed by atoms with E-state index in [1.807, 2.05) is 66.9 Å². The van der Waals surface area contributed by atoms with Gasteiger partial charge in [0.05, 0.1) is 26.1 Å². The molecule has 0 amide bonds. The normalized spacial score (nSPS) is 11.6. The van der Waals surface area contributed by atoms with E-state index < -0.39 is 0 Å². The molecule has 0 atom stereocenters. The van der Waals surface area contributed by atoms with Crippen LogP contribution in [0.1, 0.15) is 5.56 Å². The van der Waals surface area contributed by atoms with Gasteiger partial charge in [-0.2, -0.15) is 0 Å². The molecule has 140 valence electrons. The van der Waals surface area contributed by atoms with Gasteiger partial charge in [-0.25, -0.2) is 0 Å². The minimum Gasteiger partial charge on any atom is -0.497 e. The van der Waals surface area contributed by atoms with E-state index >= 15 is 0 Å². The summed E-state index contributed by atoms with van der Waals surface area (Å²) in [5, 5.41) is 1.75. The Kier molecular flexibility index (Phi) is 5.06. The van der Waals surface area contributed by atoms with Crippen LogP contribution in [-0.4, -0.2) is 19.2 Å². The molecule has 5 nitrogen and oxygen atoms in total. The number of benzene rings is 2. The molecular formula is C23H20N2O3. The van der Waals surface area contributed by atoms with Crippen LogP contribution < -0.4 is 14.8 Å². The smallest absolute Gasteiger partial charge is 0.137 e. The lowest BCUT2D eigenvalue weighted by atomic mass is 10.1. The Morgan fingerprint density at radius 3 is 2.43 bits per heavy atom. The molecule has 0 saturated heterocycles. The Labute approximate surface area is 162 Å². The molecule has 0 radical (unpaired) electrons. The standard InChI is InChI=1S/C23H20N2O3/c1-26-18-7-5-17(6-8-18)23-13-21(25-15-16-4-3-11-24-14-16)20-12-19(27-2)9-10-22(20)28-23/h3-14H,15H2,1-2H3. The van der Waals surface area contributed by atoms with Gasteiger partial charge in [0, 0.05) is 29.4 Å². The van der Waals surface area contributed by atoms with Gasteiger partial charge in [-0.1, -0.05) is 6.07 Å². The summed E-state index contributed by atoms with van der Waals surface area (Å²) in [6.07, 6.45) is 3.58. The summed E-state index contributed by atoms with van der Waals surface area (Å²) in [7, 11) is 3.30. The summed E-state index contributed by atoms with van der Waals surface area (Å²) in [6.45, 7) is 0.534. The van der Waals surface area contributed by atoms with Crippen LogP contribution >= 0.6 is 0 Å². The summed E-state index contributed by atoms with van der Waals surface area (Å²) in [4.78, 5) is 8.98. The average molecular weight is 372 g/mol. The fourth-order valence-electron chi connectivity index (χ4n) is 2.97. The van der Waals surface area contributed by atoms with E-state index in [2.05, 4.69) is 4.98 Å². The number of fused-ring (bicyclic) bond motifs is 1. The van der Waals surface area contributed by atoms with Crippen LogP contribution in [0.25, 0.3) is 22.3 Å². The maximum absolute atomic E-state index is 6.14.